The van der Waals surface area contributed by atoms with E-state index in [0.29, 0.717) is 40.8 Å². The smallest absolute Gasteiger partial charge is 0.180 e. The number of aryl methyl sites for hydroxylation is 1. The molecule has 0 spiro atoms. The maximum Gasteiger partial charge on any atom is 0.180 e. The number of quaternary nitrogens is 1. The average molecular weight is 610 g/mol. The number of hydrogen-bond acceptors (Lipinski definition) is 8. The molecule has 2 N–H and O–H groups in total. The van der Waals surface area contributed by atoms with Crippen molar-refractivity contribution in [3.05, 3.63) is 77.0 Å². The summed E-state index contributed by atoms with van der Waals surface area (Å²) in [5, 5.41) is 19.5. The lowest BCUT2D eigenvalue weighted by atomic mass is 9.77. The third-order valence-corrected chi connectivity index (χ3v) is 6.33. The Balaban J connectivity index is 0.00000116. The van der Waals surface area contributed by atoms with Crippen LogP contribution < -0.4 is 10.2 Å². The summed E-state index contributed by atoms with van der Waals surface area (Å²) in [4.78, 5) is 13.5. The van der Waals surface area contributed by atoms with Crippen molar-refractivity contribution in [2.75, 3.05) is 25.0 Å². The van der Waals surface area contributed by atoms with Crippen LogP contribution in [0, 0.1) is 18.3 Å². The number of hydrogen-bond donors (Lipinski definition) is 3. The molecule has 4 rings (SSSR count). The molecule has 0 fully saturated rings. The van der Waals surface area contributed by atoms with Crippen LogP contribution >= 0.6 is 24.4 Å². The summed E-state index contributed by atoms with van der Waals surface area (Å²) in [6.45, 7) is 14.8. The van der Waals surface area contributed by atoms with E-state index in [9.17, 15) is 10.5 Å². The van der Waals surface area contributed by atoms with E-state index in [-0.39, 0.29) is 5.41 Å². The highest BCUT2D eigenvalue weighted by Gasteiger charge is 2.26. The van der Waals surface area contributed by atoms with E-state index >= 15 is 0 Å². The minimum atomic E-state index is -0.754. The maximum absolute atomic E-state index is 9.76. The normalized spacial score (nSPS) is 12.1. The van der Waals surface area contributed by atoms with Gasteiger partial charge in [0, 0.05) is 11.0 Å². The Morgan fingerprint density at radius 2 is 1.71 bits per heavy atom. The molecule has 0 bridgehead atoms. The van der Waals surface area contributed by atoms with Crippen molar-refractivity contribution in [1.82, 2.24) is 15.0 Å². The van der Waals surface area contributed by atoms with Crippen LogP contribution in [0.3, 0.4) is 0 Å². The zero-order valence-electron chi connectivity index (χ0n) is 25.7. The quantitative estimate of drug-likeness (QED) is 0.0799. The molecule has 0 aliphatic carbocycles. The summed E-state index contributed by atoms with van der Waals surface area (Å²) >= 11 is 9.75. The average Bonchev–Trinajstić information content (AvgIpc) is 2.96. The molecule has 2 aromatic carbocycles. The van der Waals surface area contributed by atoms with Crippen LogP contribution in [0.25, 0.3) is 22.4 Å². The van der Waals surface area contributed by atoms with Crippen molar-refractivity contribution < 1.29 is 14.1 Å². The van der Waals surface area contributed by atoms with Gasteiger partial charge in [0.2, 0.25) is 0 Å². The summed E-state index contributed by atoms with van der Waals surface area (Å²) in [6.07, 6.45) is 2.93. The fraction of sp³-hybridized carbons (Fsp3) is 0.375. The van der Waals surface area contributed by atoms with E-state index in [2.05, 4.69) is 80.2 Å². The van der Waals surface area contributed by atoms with Crippen LogP contribution in [0.4, 0.5) is 5.82 Å². The number of benzene rings is 2. The molecule has 1 atom stereocenters. The van der Waals surface area contributed by atoms with E-state index in [1.54, 1.807) is 18.3 Å². The van der Waals surface area contributed by atoms with Crippen LogP contribution in [0.15, 0.2) is 54.7 Å². The first kappa shape index (κ1) is 34.8. The van der Waals surface area contributed by atoms with E-state index < -0.39 is 4.16 Å². The van der Waals surface area contributed by atoms with Crippen LogP contribution in [0.1, 0.15) is 70.2 Å². The fourth-order valence-corrected chi connectivity index (χ4v) is 4.28. The van der Waals surface area contributed by atoms with E-state index in [4.69, 9.17) is 21.3 Å². The number of pyridine rings is 1. The van der Waals surface area contributed by atoms with Gasteiger partial charge in [-0.15, -0.1) is 11.6 Å². The zero-order valence-corrected chi connectivity index (χ0v) is 27.4. The fourth-order valence-electron chi connectivity index (χ4n) is 4.10. The summed E-state index contributed by atoms with van der Waals surface area (Å²) in [5.74, 6) is 1.37. The van der Waals surface area contributed by atoms with Crippen LogP contribution in [-0.2, 0) is 5.41 Å². The number of fused-ring (bicyclic) bond motifs is 1. The molecule has 0 amide bonds. The van der Waals surface area contributed by atoms with E-state index in [0.717, 1.165) is 27.9 Å². The minimum absolute atomic E-state index is 0.351. The molecule has 4 aromatic rings. The molecule has 8 nitrogen and oxygen atoms in total. The van der Waals surface area contributed by atoms with Gasteiger partial charge in [0.05, 0.1) is 23.3 Å². The summed E-state index contributed by atoms with van der Waals surface area (Å²) in [7, 11) is 1.45. The number of nitrogens with one attached hydrogen (secondary N) is 1. The van der Waals surface area contributed by atoms with Crippen LogP contribution in [0.2, 0.25) is 0 Å². The first-order valence-electron chi connectivity index (χ1n) is 14.0. The van der Waals surface area contributed by atoms with Gasteiger partial charge in [0.1, 0.15) is 43.8 Å². The van der Waals surface area contributed by atoms with Gasteiger partial charge in [0.25, 0.3) is 0 Å². The Morgan fingerprint density at radius 3 is 2.29 bits per heavy atom. The number of thiol groups is 1. The van der Waals surface area contributed by atoms with Crippen molar-refractivity contribution in [2.45, 2.75) is 60.3 Å². The third kappa shape index (κ3) is 9.04. The predicted molar refractivity (Wildman–Crippen MR) is 175 cm³/mol. The Bertz CT molecular complexity index is 1500. The first-order chi connectivity index (χ1) is 19.9. The Hall–Kier alpha value is -3.42. The molecule has 0 saturated carbocycles. The van der Waals surface area contributed by atoms with Gasteiger partial charge in [-0.05, 0) is 46.0 Å². The standard InChI is InChI=1S/C27H28ClN6O2S.C3H8.C2H6/c1-17-13-21(14-19(15-29)25(17)36-12-11-28)27(2,3)20-7-5-18(6-8-20)23-16-30-26-22(31-23)9-10-24(32-26)33-34(4,35)37;1-3-2;1-2/h5-10,13-14,16,35,37H,11-12H2,1-4H3,(H,30,32,33);3H2,1-2H3;1-2H3/q+1;;. The molecule has 0 aliphatic heterocycles. The van der Waals surface area contributed by atoms with Crippen molar-refractivity contribution >= 4 is 41.4 Å². The topological polar surface area (TPSA) is 104 Å². The molecular weight excluding hydrogens is 568 g/mol. The summed E-state index contributed by atoms with van der Waals surface area (Å²) in [6, 6.07) is 17.9. The minimum Gasteiger partial charge on any atom is -0.491 e. The number of rotatable bonds is 8. The predicted octanol–water partition coefficient (Wildman–Crippen LogP) is 8.27. The van der Waals surface area contributed by atoms with E-state index in [1.807, 2.05) is 39.0 Å². The lowest BCUT2D eigenvalue weighted by molar-refractivity contribution is -0.955. The number of aromatic nitrogens is 3. The van der Waals surface area contributed by atoms with Gasteiger partial charge in [-0.2, -0.15) is 15.9 Å². The molecule has 224 valence electrons. The second kappa shape index (κ2) is 15.7. The third-order valence-electron chi connectivity index (χ3n) is 6.07. The van der Waals surface area contributed by atoms with Crippen molar-refractivity contribution in [3.8, 4) is 23.1 Å². The lowest BCUT2D eigenvalue weighted by Crippen LogP contribution is -2.35. The summed E-state index contributed by atoms with van der Waals surface area (Å²) in [5.41, 5.74) is 8.62. The second-order valence-corrected chi connectivity index (χ2v) is 11.2. The number of nitriles is 1. The number of alkyl halides is 1. The molecule has 0 aliphatic rings. The Labute approximate surface area is 260 Å². The zero-order chi connectivity index (χ0) is 31.5. The number of ether oxygens (including phenoxy) is 1. The SMILES string of the molecule is CC.CCC.Cc1cc(C(C)(C)c2ccc(-c3cnc4nc(N[N+](C)(O)S)ccc4n3)cc2)cc(C#N)c1OCCCl. The monoisotopic (exact) mass is 609 g/mol. The maximum atomic E-state index is 9.76. The van der Waals surface area contributed by atoms with Crippen molar-refractivity contribution in [2.24, 2.45) is 0 Å². The first-order valence-corrected chi connectivity index (χ1v) is 15.0. The molecule has 1 unspecified atom stereocenters. The van der Waals surface area contributed by atoms with E-state index in [1.165, 1.54) is 13.5 Å². The van der Waals surface area contributed by atoms with Crippen molar-refractivity contribution in [3.63, 3.8) is 0 Å². The Morgan fingerprint density at radius 1 is 1.07 bits per heavy atom. The van der Waals surface area contributed by atoms with Gasteiger partial charge >= 0.3 is 0 Å². The van der Waals surface area contributed by atoms with Gasteiger partial charge in [-0.25, -0.2) is 15.0 Å². The number of halogens is 1. The van der Waals surface area contributed by atoms with Gasteiger partial charge in [-0.3, -0.25) is 0 Å². The highest BCUT2D eigenvalue weighted by molar-refractivity contribution is 7.74. The van der Waals surface area contributed by atoms with Gasteiger partial charge in [-0.1, -0.05) is 78.3 Å². The molecule has 2 heterocycles. The van der Waals surface area contributed by atoms with Crippen LogP contribution in [0.5, 0.6) is 5.75 Å². The van der Waals surface area contributed by atoms with Crippen LogP contribution in [-0.4, -0.2) is 43.9 Å². The second-order valence-electron chi connectivity index (χ2n) is 10.0. The largest absolute Gasteiger partial charge is 0.491 e. The van der Waals surface area contributed by atoms with Gasteiger partial charge in [0.15, 0.2) is 11.5 Å². The van der Waals surface area contributed by atoms with Gasteiger partial charge < -0.3 is 4.74 Å². The molecular formula is C32H42ClN6O2S+. The molecule has 0 saturated heterocycles. The molecule has 10 heteroatoms. The lowest BCUT2D eigenvalue weighted by Gasteiger charge is -2.27. The molecule has 42 heavy (non-hydrogen) atoms. The van der Waals surface area contributed by atoms with Crippen molar-refractivity contribution in [1.29, 1.82) is 5.26 Å². The highest BCUT2D eigenvalue weighted by atomic mass is 35.5. The summed E-state index contributed by atoms with van der Waals surface area (Å²) < 4.78 is 4.96. The molecule has 2 aromatic heterocycles. The highest BCUT2D eigenvalue weighted by Crippen LogP contribution is 2.36. The number of hydroxylamine groups is 1. The number of anilines is 1. The Kier molecular flexibility index (Phi) is 13.0. The molecule has 0 radical (unpaired) electrons. The number of nitrogens with zero attached hydrogens (tertiary/aromatic N) is 5.